The maximum Gasteiger partial charge on any atom is 0.174 e. The molecule has 1 N–H and O–H groups in total. The molecule has 2 spiro atoms. The number of fused-ring (bicyclic) bond motifs is 1. The van der Waals surface area contributed by atoms with Crippen LogP contribution >= 0.6 is 0 Å². The smallest absolute Gasteiger partial charge is 0.174 e. The van der Waals surface area contributed by atoms with Crippen LogP contribution in [-0.2, 0) is 16.6 Å². The molecule has 4 heteroatoms. The number of hydrogen-bond acceptors (Lipinski definition) is 4. The summed E-state index contributed by atoms with van der Waals surface area (Å²) in [6.45, 7) is 1.09. The average Bonchev–Trinajstić information content (AvgIpc) is 2.93. The number of carbonyl (C=O) groups excluding carboxylic acids is 1. The maximum absolute atomic E-state index is 12.7. The highest BCUT2D eigenvalue weighted by Gasteiger charge is 2.75. The lowest BCUT2D eigenvalue weighted by molar-refractivity contribution is -0.132. The molecule has 2 bridgehead atoms. The molecule has 4 nitrogen and oxygen atoms in total. The Bertz CT molecular complexity index is 744. The molecule has 114 valence electrons. The van der Waals surface area contributed by atoms with Crippen LogP contribution in [0.1, 0.15) is 30.4 Å². The molecule has 0 aromatic heterocycles. The van der Waals surface area contributed by atoms with Gasteiger partial charge < -0.3 is 14.8 Å². The van der Waals surface area contributed by atoms with Gasteiger partial charge in [-0.15, -0.1) is 0 Å². The van der Waals surface area contributed by atoms with Crippen molar-refractivity contribution in [3.05, 3.63) is 23.3 Å². The molecule has 5 unspecified atom stereocenters. The van der Waals surface area contributed by atoms with Gasteiger partial charge in [0.05, 0.1) is 7.11 Å². The van der Waals surface area contributed by atoms with Gasteiger partial charge in [-0.3, -0.25) is 4.79 Å². The van der Waals surface area contributed by atoms with Crippen molar-refractivity contribution in [2.45, 2.75) is 43.2 Å². The normalized spacial score (nSPS) is 45.7. The lowest BCUT2D eigenvalue weighted by Crippen LogP contribution is -2.62. The van der Waals surface area contributed by atoms with E-state index in [-0.39, 0.29) is 11.5 Å². The summed E-state index contributed by atoms with van der Waals surface area (Å²) in [6.07, 6.45) is 3.64. The number of benzene rings is 1. The van der Waals surface area contributed by atoms with Crippen molar-refractivity contribution in [3.63, 3.8) is 0 Å². The van der Waals surface area contributed by atoms with Crippen LogP contribution in [0.25, 0.3) is 0 Å². The number of hydrogen-bond donors (Lipinski definition) is 1. The van der Waals surface area contributed by atoms with Crippen LogP contribution in [0.15, 0.2) is 12.1 Å². The minimum atomic E-state index is -0.277. The molecule has 1 aromatic rings. The van der Waals surface area contributed by atoms with E-state index in [0.29, 0.717) is 29.6 Å². The second kappa shape index (κ2) is 3.35. The Kier molecular flexibility index (Phi) is 1.82. The van der Waals surface area contributed by atoms with Crippen molar-refractivity contribution >= 4 is 5.78 Å². The zero-order chi connectivity index (χ0) is 14.7. The Labute approximate surface area is 129 Å². The monoisotopic (exact) mass is 297 g/mol. The van der Waals surface area contributed by atoms with E-state index in [9.17, 15) is 4.79 Å². The summed E-state index contributed by atoms with van der Waals surface area (Å²) >= 11 is 0. The minimum Gasteiger partial charge on any atom is -0.493 e. The van der Waals surface area contributed by atoms with Gasteiger partial charge in [0.25, 0.3) is 0 Å². The number of Topliss-reactive ketones (excluding diaryl/α,β-unsaturated/α-hetero) is 1. The maximum atomic E-state index is 12.7. The number of nitrogens with one attached hydrogen (secondary N) is 1. The lowest BCUT2D eigenvalue weighted by Gasteiger charge is -2.48. The summed E-state index contributed by atoms with van der Waals surface area (Å²) in [5.74, 6) is 2.48. The third-order valence-electron chi connectivity index (χ3n) is 7.18. The fourth-order valence-corrected chi connectivity index (χ4v) is 6.54. The first-order valence-electron chi connectivity index (χ1n) is 8.33. The van der Waals surface area contributed by atoms with E-state index in [2.05, 4.69) is 11.4 Å². The van der Waals surface area contributed by atoms with Gasteiger partial charge in [0, 0.05) is 35.4 Å². The van der Waals surface area contributed by atoms with E-state index in [1.165, 1.54) is 11.1 Å². The zero-order valence-electron chi connectivity index (χ0n) is 12.6. The summed E-state index contributed by atoms with van der Waals surface area (Å²) < 4.78 is 11.8. The molecule has 5 atom stereocenters. The van der Waals surface area contributed by atoms with Gasteiger partial charge in [0.2, 0.25) is 0 Å². The quantitative estimate of drug-likeness (QED) is 0.855. The molecule has 22 heavy (non-hydrogen) atoms. The van der Waals surface area contributed by atoms with Gasteiger partial charge in [0.15, 0.2) is 23.4 Å². The van der Waals surface area contributed by atoms with Crippen molar-refractivity contribution in [1.29, 1.82) is 0 Å². The predicted octanol–water partition coefficient (Wildman–Crippen LogP) is 1.59. The molecule has 2 heterocycles. The molecule has 0 amide bonds. The van der Waals surface area contributed by atoms with Crippen LogP contribution in [0.5, 0.6) is 11.5 Å². The second-order valence-corrected chi connectivity index (χ2v) is 7.86. The summed E-state index contributed by atoms with van der Waals surface area (Å²) in [5, 5.41) is 3.69. The van der Waals surface area contributed by atoms with Gasteiger partial charge in [-0.05, 0) is 36.8 Å². The molecule has 2 saturated carbocycles. The SMILES string of the molecule is COc1ccc2c3c1OC1C(=O)CCC4C5NCC5(C2)CC314. The molecule has 2 aliphatic heterocycles. The second-order valence-electron chi connectivity index (χ2n) is 7.86. The average molecular weight is 297 g/mol. The van der Waals surface area contributed by atoms with Crippen LogP contribution in [0.2, 0.25) is 0 Å². The zero-order valence-corrected chi connectivity index (χ0v) is 12.6. The summed E-state index contributed by atoms with van der Waals surface area (Å²) in [6, 6.07) is 4.79. The first-order valence-corrected chi connectivity index (χ1v) is 8.33. The molecule has 6 rings (SSSR count). The molecular weight excluding hydrogens is 278 g/mol. The van der Waals surface area contributed by atoms with Crippen LogP contribution in [-0.4, -0.2) is 31.6 Å². The molecular formula is C18H19NO3. The number of ether oxygens (including phenoxy) is 2. The molecule has 0 radical (unpaired) electrons. The highest BCUT2D eigenvalue weighted by molar-refractivity contribution is 5.89. The predicted molar refractivity (Wildman–Crippen MR) is 79.4 cm³/mol. The first kappa shape index (κ1) is 11.9. The van der Waals surface area contributed by atoms with Crippen LogP contribution < -0.4 is 14.8 Å². The lowest BCUT2D eigenvalue weighted by atomic mass is 9.59. The highest BCUT2D eigenvalue weighted by atomic mass is 16.5. The summed E-state index contributed by atoms with van der Waals surface area (Å²) in [5.41, 5.74) is 2.99. The first-order chi connectivity index (χ1) is 10.7. The standard InChI is InChI=1S/C18H19NO3/c1-21-12-5-2-9-6-17-7-18-10(15(17)19-8-17)3-4-11(20)16(18)22-14(12)13(9)18/h2,5,10,15-16,19H,3-4,6-8H2,1H3. The Balaban J connectivity index is 1.70. The van der Waals surface area contributed by atoms with Crippen molar-refractivity contribution in [1.82, 2.24) is 5.32 Å². The van der Waals surface area contributed by atoms with E-state index in [1.807, 2.05) is 6.07 Å². The number of ketones is 1. The van der Waals surface area contributed by atoms with Crippen molar-refractivity contribution in [3.8, 4) is 11.5 Å². The van der Waals surface area contributed by atoms with Gasteiger partial charge in [0.1, 0.15) is 0 Å². The van der Waals surface area contributed by atoms with E-state index >= 15 is 0 Å². The van der Waals surface area contributed by atoms with E-state index in [4.69, 9.17) is 9.47 Å². The summed E-state index contributed by atoms with van der Waals surface area (Å²) in [4.78, 5) is 12.7. The Hall–Kier alpha value is -1.55. The Morgan fingerprint density at radius 2 is 2.32 bits per heavy atom. The van der Waals surface area contributed by atoms with Crippen molar-refractivity contribution in [2.75, 3.05) is 13.7 Å². The van der Waals surface area contributed by atoms with Gasteiger partial charge in [-0.25, -0.2) is 0 Å². The third-order valence-corrected chi connectivity index (χ3v) is 7.18. The highest BCUT2D eigenvalue weighted by Crippen LogP contribution is 2.71. The number of carbonyl (C=O) groups is 1. The third kappa shape index (κ3) is 0.987. The molecule has 1 aromatic carbocycles. The number of methoxy groups -OCH3 is 1. The Morgan fingerprint density at radius 3 is 3.09 bits per heavy atom. The fraction of sp³-hybridized carbons (Fsp3) is 0.611. The fourth-order valence-electron chi connectivity index (χ4n) is 6.54. The van der Waals surface area contributed by atoms with Crippen molar-refractivity contribution < 1.29 is 14.3 Å². The molecule has 3 aliphatic carbocycles. The topological polar surface area (TPSA) is 47.6 Å². The molecule has 3 fully saturated rings. The van der Waals surface area contributed by atoms with Crippen LogP contribution in [0.4, 0.5) is 0 Å². The largest absolute Gasteiger partial charge is 0.493 e. The molecule has 1 saturated heterocycles. The molecule has 5 aliphatic rings. The van der Waals surface area contributed by atoms with Crippen LogP contribution in [0, 0.1) is 11.3 Å². The van der Waals surface area contributed by atoms with E-state index in [1.54, 1.807) is 7.11 Å². The van der Waals surface area contributed by atoms with Gasteiger partial charge in [-0.2, -0.15) is 0 Å². The van der Waals surface area contributed by atoms with E-state index < -0.39 is 0 Å². The van der Waals surface area contributed by atoms with Crippen molar-refractivity contribution in [2.24, 2.45) is 11.3 Å². The number of rotatable bonds is 1. The van der Waals surface area contributed by atoms with E-state index in [0.717, 1.165) is 37.3 Å². The minimum absolute atomic E-state index is 0.0824. The van der Waals surface area contributed by atoms with Crippen LogP contribution in [0.3, 0.4) is 0 Å². The Morgan fingerprint density at radius 1 is 1.41 bits per heavy atom. The van der Waals surface area contributed by atoms with Gasteiger partial charge in [-0.1, -0.05) is 6.07 Å². The summed E-state index contributed by atoms with van der Waals surface area (Å²) in [7, 11) is 1.69. The van der Waals surface area contributed by atoms with Gasteiger partial charge >= 0.3 is 0 Å².